The molecule has 21 heavy (non-hydrogen) atoms. The third-order valence-electron chi connectivity index (χ3n) is 3.11. The molecule has 0 unspecified atom stereocenters. The Morgan fingerprint density at radius 1 is 1.29 bits per heavy atom. The number of nitrogens with one attached hydrogen (secondary N) is 1. The second kappa shape index (κ2) is 5.16. The lowest BCUT2D eigenvalue weighted by atomic mass is 10.1. The number of hydrogen-bond donors (Lipinski definition) is 2. The predicted molar refractivity (Wildman–Crippen MR) is 80.6 cm³/mol. The Morgan fingerprint density at radius 2 is 2.10 bits per heavy atom. The predicted octanol–water partition coefficient (Wildman–Crippen LogP) is 2.60. The first-order chi connectivity index (χ1) is 10.2. The van der Waals surface area contributed by atoms with Gasteiger partial charge < -0.3 is 14.9 Å². The summed E-state index contributed by atoms with van der Waals surface area (Å²) in [5.41, 5.74) is 9.20. The Kier molecular flexibility index (Phi) is 3.19. The molecule has 6 nitrogen and oxygen atoms in total. The molecule has 0 spiro atoms. The number of urea groups is 1. The van der Waals surface area contributed by atoms with E-state index < -0.39 is 6.03 Å². The highest BCUT2D eigenvalue weighted by Gasteiger charge is 2.14. The maximum atomic E-state index is 10.6. The van der Waals surface area contributed by atoms with E-state index in [1.54, 1.807) is 7.11 Å². The quantitative estimate of drug-likeness (QED) is 0.572. The molecule has 2 aromatic carbocycles. The van der Waals surface area contributed by atoms with E-state index >= 15 is 0 Å². The van der Waals surface area contributed by atoms with Gasteiger partial charge in [-0.1, -0.05) is 18.2 Å². The molecule has 0 aliphatic rings. The minimum atomic E-state index is -0.727. The van der Waals surface area contributed by atoms with Crippen molar-refractivity contribution in [2.24, 2.45) is 10.8 Å². The molecule has 0 fully saturated rings. The highest BCUT2D eigenvalue weighted by molar-refractivity contribution is 6.09. The summed E-state index contributed by atoms with van der Waals surface area (Å²) in [5.74, 6) is 0.554. The van der Waals surface area contributed by atoms with Crippen LogP contribution < -0.4 is 15.9 Å². The molecule has 106 valence electrons. The van der Waals surface area contributed by atoms with Crippen LogP contribution in [0, 0.1) is 0 Å². The van der Waals surface area contributed by atoms with Crippen LogP contribution in [0.1, 0.15) is 5.56 Å². The van der Waals surface area contributed by atoms with Crippen LogP contribution in [0.5, 0.6) is 5.75 Å². The molecule has 0 radical (unpaired) electrons. The van der Waals surface area contributed by atoms with Gasteiger partial charge in [-0.2, -0.15) is 5.10 Å². The van der Waals surface area contributed by atoms with Gasteiger partial charge >= 0.3 is 6.03 Å². The summed E-state index contributed by atoms with van der Waals surface area (Å²) in [4.78, 5) is 10.6. The van der Waals surface area contributed by atoms with Gasteiger partial charge in [-0.3, -0.25) is 0 Å². The zero-order chi connectivity index (χ0) is 14.8. The van der Waals surface area contributed by atoms with Crippen LogP contribution in [-0.4, -0.2) is 19.4 Å². The van der Waals surface area contributed by atoms with Crippen LogP contribution in [0.2, 0.25) is 0 Å². The van der Waals surface area contributed by atoms with Crippen molar-refractivity contribution in [1.29, 1.82) is 0 Å². The number of carbonyl (C=O) groups excluding carboxylic acids is 1. The first-order valence-electron chi connectivity index (χ1n) is 6.27. The summed E-state index contributed by atoms with van der Waals surface area (Å²) in [5, 5.41) is 5.72. The minimum Gasteiger partial charge on any atom is -0.492 e. The highest BCUT2D eigenvalue weighted by Crippen LogP contribution is 2.36. The second-order valence-corrected chi connectivity index (χ2v) is 4.40. The van der Waals surface area contributed by atoms with Crippen molar-refractivity contribution in [3.05, 3.63) is 42.0 Å². The molecule has 0 saturated carbocycles. The van der Waals surface area contributed by atoms with Crippen molar-refractivity contribution in [2.45, 2.75) is 0 Å². The summed E-state index contributed by atoms with van der Waals surface area (Å²) in [6, 6.07) is 10.8. The molecule has 3 N–H and O–H groups in total. The number of benzene rings is 2. The van der Waals surface area contributed by atoms with Crippen molar-refractivity contribution in [2.75, 3.05) is 7.11 Å². The van der Waals surface area contributed by atoms with Crippen molar-refractivity contribution < 1.29 is 13.9 Å². The number of amides is 2. The van der Waals surface area contributed by atoms with Gasteiger partial charge in [-0.15, -0.1) is 0 Å². The molecule has 2 amide bonds. The molecule has 0 atom stereocenters. The summed E-state index contributed by atoms with van der Waals surface area (Å²) in [7, 11) is 1.56. The van der Waals surface area contributed by atoms with Crippen molar-refractivity contribution in [1.82, 2.24) is 5.43 Å². The molecule has 3 rings (SSSR count). The standard InChI is InChI=1S/C15H13N3O3/c1-20-13-9(8-17-18-15(16)19)6-7-11-10-4-2-3-5-12(10)21-14(11)13/h2-8H,1H3,(H3,16,18,19)/b17-8+. The monoisotopic (exact) mass is 283 g/mol. The molecule has 0 bridgehead atoms. The molecule has 6 heteroatoms. The van der Waals surface area contributed by atoms with Gasteiger partial charge in [0.1, 0.15) is 5.58 Å². The number of methoxy groups -OCH3 is 1. The molecular weight excluding hydrogens is 270 g/mol. The lowest BCUT2D eigenvalue weighted by Crippen LogP contribution is -2.24. The number of hydrazone groups is 1. The van der Waals surface area contributed by atoms with E-state index in [9.17, 15) is 4.79 Å². The van der Waals surface area contributed by atoms with E-state index in [4.69, 9.17) is 14.9 Å². The number of primary amides is 1. The smallest absolute Gasteiger partial charge is 0.332 e. The van der Waals surface area contributed by atoms with Gasteiger partial charge in [-0.25, -0.2) is 10.2 Å². The van der Waals surface area contributed by atoms with Crippen LogP contribution in [0.3, 0.4) is 0 Å². The number of rotatable bonds is 3. The fourth-order valence-electron chi connectivity index (χ4n) is 2.26. The van der Waals surface area contributed by atoms with Crippen LogP contribution in [0.4, 0.5) is 4.79 Å². The van der Waals surface area contributed by atoms with Gasteiger partial charge in [0.2, 0.25) is 0 Å². The molecule has 1 heterocycles. The average Bonchev–Trinajstić information content (AvgIpc) is 2.85. The summed E-state index contributed by atoms with van der Waals surface area (Å²) in [6.07, 6.45) is 1.45. The largest absolute Gasteiger partial charge is 0.492 e. The van der Waals surface area contributed by atoms with Crippen LogP contribution in [-0.2, 0) is 0 Å². The van der Waals surface area contributed by atoms with Gasteiger partial charge in [-0.05, 0) is 18.2 Å². The zero-order valence-corrected chi connectivity index (χ0v) is 11.3. The molecule has 0 aliphatic heterocycles. The van der Waals surface area contributed by atoms with Gasteiger partial charge in [0.05, 0.1) is 13.3 Å². The van der Waals surface area contributed by atoms with Gasteiger partial charge in [0.15, 0.2) is 11.3 Å². The number of nitrogens with two attached hydrogens (primary N) is 1. The number of nitrogens with zero attached hydrogens (tertiary/aromatic N) is 1. The summed E-state index contributed by atoms with van der Waals surface area (Å²) in [6.45, 7) is 0. The number of ether oxygens (including phenoxy) is 1. The Bertz CT molecular complexity index is 852. The zero-order valence-electron chi connectivity index (χ0n) is 11.3. The minimum absolute atomic E-state index is 0.554. The van der Waals surface area contributed by atoms with E-state index in [1.807, 2.05) is 36.4 Å². The van der Waals surface area contributed by atoms with E-state index in [-0.39, 0.29) is 0 Å². The number of hydrogen-bond acceptors (Lipinski definition) is 4. The van der Waals surface area contributed by atoms with Crippen molar-refractivity contribution in [3.8, 4) is 5.75 Å². The third kappa shape index (κ3) is 2.27. The van der Waals surface area contributed by atoms with Crippen molar-refractivity contribution >= 4 is 34.2 Å². The lowest BCUT2D eigenvalue weighted by Gasteiger charge is -2.04. The Morgan fingerprint density at radius 3 is 2.86 bits per heavy atom. The van der Waals surface area contributed by atoms with Crippen LogP contribution in [0.25, 0.3) is 21.9 Å². The fraction of sp³-hybridized carbons (Fsp3) is 0.0667. The van der Waals surface area contributed by atoms with E-state index in [1.165, 1.54) is 6.21 Å². The highest BCUT2D eigenvalue weighted by atomic mass is 16.5. The molecule has 3 aromatic rings. The fourth-order valence-corrected chi connectivity index (χ4v) is 2.26. The third-order valence-corrected chi connectivity index (χ3v) is 3.11. The van der Waals surface area contributed by atoms with Gasteiger partial charge in [0.25, 0.3) is 0 Å². The lowest BCUT2D eigenvalue weighted by molar-refractivity contribution is 0.249. The Hall–Kier alpha value is -3.02. The topological polar surface area (TPSA) is 89.9 Å². The van der Waals surface area contributed by atoms with E-state index in [0.717, 1.165) is 16.4 Å². The van der Waals surface area contributed by atoms with Crippen LogP contribution in [0.15, 0.2) is 45.9 Å². The normalized spacial score (nSPS) is 11.3. The summed E-state index contributed by atoms with van der Waals surface area (Å²) < 4.78 is 11.3. The Balaban J connectivity index is 2.17. The number of para-hydroxylation sites is 1. The SMILES string of the molecule is COc1c(/C=N/NC(N)=O)ccc2c1oc1ccccc12. The maximum absolute atomic E-state index is 10.6. The Labute approximate surface area is 120 Å². The number of carbonyl (C=O) groups is 1. The first kappa shape index (κ1) is 13.0. The van der Waals surface area contributed by atoms with E-state index in [2.05, 4.69) is 10.5 Å². The molecule has 0 aliphatic carbocycles. The first-order valence-corrected chi connectivity index (χ1v) is 6.27. The average molecular weight is 283 g/mol. The molecule has 0 saturated heterocycles. The van der Waals surface area contributed by atoms with Gasteiger partial charge in [0, 0.05) is 16.3 Å². The molecular formula is C15H13N3O3. The second-order valence-electron chi connectivity index (χ2n) is 4.40. The van der Waals surface area contributed by atoms with E-state index in [0.29, 0.717) is 16.9 Å². The number of fused-ring (bicyclic) bond motifs is 3. The van der Waals surface area contributed by atoms with Crippen molar-refractivity contribution in [3.63, 3.8) is 0 Å². The summed E-state index contributed by atoms with van der Waals surface area (Å²) >= 11 is 0. The maximum Gasteiger partial charge on any atom is 0.332 e. The van der Waals surface area contributed by atoms with Crippen LogP contribution >= 0.6 is 0 Å². The number of furan rings is 1. The molecule has 1 aromatic heterocycles.